The molecule has 0 aliphatic heterocycles. The first-order valence-corrected chi connectivity index (χ1v) is 8.26. The maximum atomic E-state index is 13.0. The first kappa shape index (κ1) is 17.2. The number of alkyl halides is 2. The molecule has 1 aliphatic rings. The van der Waals surface area contributed by atoms with E-state index in [1.54, 1.807) is 12.4 Å². The fourth-order valence-electron chi connectivity index (χ4n) is 2.84. The molecule has 2 aromatic heterocycles. The highest BCUT2D eigenvalue weighted by Crippen LogP contribution is 2.33. The van der Waals surface area contributed by atoms with Gasteiger partial charge >= 0.3 is 0 Å². The van der Waals surface area contributed by atoms with E-state index >= 15 is 0 Å². The zero-order valence-electron chi connectivity index (χ0n) is 14.0. The summed E-state index contributed by atoms with van der Waals surface area (Å²) in [4.78, 5) is 15.0. The van der Waals surface area contributed by atoms with Crippen molar-refractivity contribution < 1.29 is 8.78 Å². The smallest absolute Gasteiger partial charge is 0.265 e. The molecule has 0 saturated heterocycles. The van der Waals surface area contributed by atoms with Gasteiger partial charge in [-0.2, -0.15) is 5.26 Å². The van der Waals surface area contributed by atoms with Gasteiger partial charge in [0.05, 0.1) is 19.0 Å². The van der Waals surface area contributed by atoms with Crippen molar-refractivity contribution in [3.63, 3.8) is 0 Å². The van der Waals surface area contributed by atoms with Crippen molar-refractivity contribution in [3.05, 3.63) is 47.2 Å². The Morgan fingerprint density at radius 1 is 1.24 bits per heavy atom. The molecule has 3 rings (SSSR count). The average molecular weight is 343 g/mol. The lowest BCUT2D eigenvalue weighted by molar-refractivity contribution is 0.151. The number of aryl methyl sites for hydroxylation is 1. The lowest BCUT2D eigenvalue weighted by Crippen LogP contribution is -2.41. The van der Waals surface area contributed by atoms with Gasteiger partial charge < -0.3 is 4.90 Å². The van der Waals surface area contributed by atoms with Crippen LogP contribution >= 0.6 is 0 Å². The third-order valence-corrected chi connectivity index (χ3v) is 4.42. The second kappa shape index (κ2) is 7.51. The number of pyridine rings is 1. The van der Waals surface area contributed by atoms with Crippen LogP contribution in [-0.4, -0.2) is 21.0 Å². The van der Waals surface area contributed by atoms with Gasteiger partial charge in [0, 0.05) is 35.8 Å². The molecule has 0 spiro atoms. The van der Waals surface area contributed by atoms with Gasteiger partial charge in [0.25, 0.3) is 6.43 Å². The summed E-state index contributed by atoms with van der Waals surface area (Å²) in [6.07, 6.45) is 5.29. The Bertz CT molecular complexity index is 766. The van der Waals surface area contributed by atoms with Crippen molar-refractivity contribution in [3.8, 4) is 6.07 Å². The van der Waals surface area contributed by atoms with Crippen LogP contribution in [0.4, 0.5) is 14.6 Å². The van der Waals surface area contributed by atoms with Gasteiger partial charge in [-0.1, -0.05) is 0 Å². The first-order valence-electron chi connectivity index (χ1n) is 8.26. The minimum atomic E-state index is -2.60. The van der Waals surface area contributed by atoms with Gasteiger partial charge in [0.1, 0.15) is 11.6 Å². The minimum Gasteiger partial charge on any atom is -0.346 e. The largest absolute Gasteiger partial charge is 0.346 e. The standard InChI is InChI=1S/C18H19F2N5/c1-12-8-22-16(23-9-12)11-25(15-3-2-4-15)18-13(5-6-21)7-14(10-24-18)17(19)20/h7-10,15,17H,2-5,11H2,1H3. The summed E-state index contributed by atoms with van der Waals surface area (Å²) in [5.41, 5.74) is 1.34. The van der Waals surface area contributed by atoms with Crippen molar-refractivity contribution in [2.24, 2.45) is 0 Å². The molecule has 0 bridgehead atoms. The summed E-state index contributed by atoms with van der Waals surface area (Å²) in [5, 5.41) is 9.08. The van der Waals surface area contributed by atoms with Crippen LogP contribution in [-0.2, 0) is 13.0 Å². The van der Waals surface area contributed by atoms with E-state index in [9.17, 15) is 8.78 Å². The number of nitrogens with zero attached hydrogens (tertiary/aromatic N) is 5. The van der Waals surface area contributed by atoms with E-state index in [1.165, 1.54) is 12.3 Å². The molecule has 0 unspecified atom stereocenters. The molecule has 130 valence electrons. The van der Waals surface area contributed by atoms with E-state index in [0.717, 1.165) is 24.8 Å². The average Bonchev–Trinajstić information content (AvgIpc) is 2.55. The Kier molecular flexibility index (Phi) is 5.17. The molecule has 25 heavy (non-hydrogen) atoms. The molecular weight excluding hydrogens is 324 g/mol. The zero-order chi connectivity index (χ0) is 17.8. The second-order valence-corrected chi connectivity index (χ2v) is 6.28. The number of halogens is 2. The molecule has 7 heteroatoms. The van der Waals surface area contributed by atoms with Crippen LogP contribution in [0.2, 0.25) is 0 Å². The van der Waals surface area contributed by atoms with Crippen molar-refractivity contribution in [2.75, 3.05) is 4.90 Å². The molecule has 1 aliphatic carbocycles. The molecular formula is C18H19F2N5. The monoisotopic (exact) mass is 343 g/mol. The van der Waals surface area contributed by atoms with Crippen LogP contribution in [0, 0.1) is 18.3 Å². The van der Waals surface area contributed by atoms with Gasteiger partial charge in [0.2, 0.25) is 0 Å². The van der Waals surface area contributed by atoms with Crippen LogP contribution in [0.5, 0.6) is 0 Å². The molecule has 2 heterocycles. The Labute approximate surface area is 145 Å². The highest BCUT2D eigenvalue weighted by Gasteiger charge is 2.29. The minimum absolute atomic E-state index is 0.0425. The van der Waals surface area contributed by atoms with Crippen molar-refractivity contribution in [1.29, 1.82) is 5.26 Å². The highest BCUT2D eigenvalue weighted by atomic mass is 19.3. The Morgan fingerprint density at radius 3 is 2.52 bits per heavy atom. The topological polar surface area (TPSA) is 65.7 Å². The van der Waals surface area contributed by atoms with E-state index in [4.69, 9.17) is 5.26 Å². The van der Waals surface area contributed by atoms with E-state index in [1.807, 2.05) is 13.0 Å². The number of nitriles is 1. The molecule has 0 atom stereocenters. The molecule has 0 N–H and O–H groups in total. The number of anilines is 1. The number of rotatable bonds is 6. The normalized spacial score (nSPS) is 14.2. The molecule has 0 radical (unpaired) electrons. The summed E-state index contributed by atoms with van der Waals surface area (Å²) in [7, 11) is 0. The van der Waals surface area contributed by atoms with E-state index in [0.29, 0.717) is 23.8 Å². The van der Waals surface area contributed by atoms with Crippen LogP contribution < -0.4 is 4.90 Å². The Hall–Kier alpha value is -2.62. The van der Waals surface area contributed by atoms with Crippen molar-refractivity contribution >= 4 is 5.82 Å². The van der Waals surface area contributed by atoms with E-state index in [2.05, 4.69) is 19.9 Å². The fourth-order valence-corrected chi connectivity index (χ4v) is 2.84. The molecule has 0 aromatic carbocycles. The Balaban J connectivity index is 1.95. The third-order valence-electron chi connectivity index (χ3n) is 4.42. The molecule has 5 nitrogen and oxygen atoms in total. The van der Waals surface area contributed by atoms with Gasteiger partial charge in [-0.05, 0) is 37.8 Å². The highest BCUT2D eigenvalue weighted by molar-refractivity contribution is 5.51. The van der Waals surface area contributed by atoms with Gasteiger partial charge in [-0.3, -0.25) is 0 Å². The molecule has 2 aromatic rings. The van der Waals surface area contributed by atoms with Crippen LogP contribution in [0.25, 0.3) is 0 Å². The van der Waals surface area contributed by atoms with Crippen LogP contribution in [0.3, 0.4) is 0 Å². The van der Waals surface area contributed by atoms with Crippen molar-refractivity contribution in [2.45, 2.75) is 51.6 Å². The molecule has 1 saturated carbocycles. The van der Waals surface area contributed by atoms with Crippen molar-refractivity contribution in [1.82, 2.24) is 15.0 Å². The van der Waals surface area contributed by atoms with Crippen LogP contribution in [0.15, 0.2) is 24.7 Å². The number of hydrogen-bond donors (Lipinski definition) is 0. The lowest BCUT2D eigenvalue weighted by Gasteiger charge is -2.38. The second-order valence-electron chi connectivity index (χ2n) is 6.28. The summed E-state index contributed by atoms with van der Waals surface area (Å²) < 4.78 is 26.0. The van der Waals surface area contributed by atoms with Gasteiger partial charge in [-0.15, -0.1) is 0 Å². The summed E-state index contributed by atoms with van der Waals surface area (Å²) in [6, 6.07) is 3.71. The predicted octanol–water partition coefficient (Wildman–Crippen LogP) is 3.74. The molecule has 0 amide bonds. The van der Waals surface area contributed by atoms with Gasteiger partial charge in [0.15, 0.2) is 0 Å². The van der Waals surface area contributed by atoms with E-state index < -0.39 is 6.43 Å². The summed E-state index contributed by atoms with van der Waals surface area (Å²) in [5.74, 6) is 1.24. The third kappa shape index (κ3) is 3.90. The SMILES string of the molecule is Cc1cnc(CN(c2ncc(C(F)F)cc2CC#N)C2CCC2)nc1. The quantitative estimate of drug-likeness (QED) is 0.799. The predicted molar refractivity (Wildman–Crippen MR) is 89.1 cm³/mol. The number of hydrogen-bond acceptors (Lipinski definition) is 5. The first-order chi connectivity index (χ1) is 12.1. The fraction of sp³-hybridized carbons (Fsp3) is 0.444. The maximum Gasteiger partial charge on any atom is 0.265 e. The van der Waals surface area contributed by atoms with Gasteiger partial charge in [-0.25, -0.2) is 23.7 Å². The number of aromatic nitrogens is 3. The zero-order valence-corrected chi connectivity index (χ0v) is 14.0. The summed E-state index contributed by atoms with van der Waals surface area (Å²) in [6.45, 7) is 2.37. The lowest BCUT2D eigenvalue weighted by atomic mass is 9.91. The molecule has 1 fully saturated rings. The van der Waals surface area contributed by atoms with Crippen LogP contribution in [0.1, 0.15) is 48.2 Å². The Morgan fingerprint density at radius 2 is 1.96 bits per heavy atom. The summed E-state index contributed by atoms with van der Waals surface area (Å²) >= 11 is 0. The maximum absolute atomic E-state index is 13.0. The van der Waals surface area contributed by atoms with E-state index in [-0.39, 0.29) is 18.0 Å².